The second-order valence-electron chi connectivity index (χ2n) is 7.63. The van der Waals surface area contributed by atoms with Crippen LogP contribution in [-0.4, -0.2) is 64.8 Å². The third-order valence-electron chi connectivity index (χ3n) is 6.21. The van der Waals surface area contributed by atoms with E-state index in [0.717, 1.165) is 42.3 Å². The van der Waals surface area contributed by atoms with E-state index in [9.17, 15) is 19.2 Å². The van der Waals surface area contributed by atoms with E-state index >= 15 is 0 Å². The molecule has 27 heavy (non-hydrogen) atoms. The number of hydrogen-bond donors (Lipinski definition) is 0. The van der Waals surface area contributed by atoms with Crippen LogP contribution >= 0.6 is 11.8 Å². The van der Waals surface area contributed by atoms with Crippen LogP contribution in [0.2, 0.25) is 0 Å². The maximum absolute atomic E-state index is 12.8. The van der Waals surface area contributed by atoms with Gasteiger partial charge < -0.3 is 9.64 Å². The molecule has 8 heteroatoms. The van der Waals surface area contributed by atoms with Gasteiger partial charge in [0.2, 0.25) is 11.8 Å². The van der Waals surface area contributed by atoms with Gasteiger partial charge in [-0.25, -0.2) is 0 Å². The van der Waals surface area contributed by atoms with Crippen LogP contribution in [0.25, 0.3) is 0 Å². The fourth-order valence-electron chi connectivity index (χ4n) is 4.63. The first-order valence-electron chi connectivity index (χ1n) is 9.90. The molecule has 3 rings (SSSR count). The zero-order chi connectivity index (χ0) is 19.4. The minimum atomic E-state index is -0.498. The molecule has 0 N–H and O–H groups in total. The highest BCUT2D eigenvalue weighted by Gasteiger charge is 2.49. The van der Waals surface area contributed by atoms with Crippen LogP contribution < -0.4 is 0 Å². The lowest BCUT2D eigenvalue weighted by molar-refractivity contribution is -0.166. The van der Waals surface area contributed by atoms with Crippen LogP contribution in [-0.2, 0) is 19.1 Å². The van der Waals surface area contributed by atoms with Crippen LogP contribution in [0.3, 0.4) is 0 Å². The van der Waals surface area contributed by atoms with Crippen LogP contribution in [0.5, 0.6) is 0 Å². The quantitative estimate of drug-likeness (QED) is 0.664. The van der Waals surface area contributed by atoms with Crippen LogP contribution in [0, 0.1) is 11.3 Å². The second kappa shape index (κ2) is 8.63. The van der Waals surface area contributed by atoms with Crippen LogP contribution in [0.15, 0.2) is 0 Å². The van der Waals surface area contributed by atoms with Crippen molar-refractivity contribution in [2.75, 3.05) is 32.0 Å². The summed E-state index contributed by atoms with van der Waals surface area (Å²) >= 11 is 0.936. The number of thioether (sulfide) groups is 1. The predicted octanol–water partition coefficient (Wildman–Crippen LogP) is 2.43. The van der Waals surface area contributed by atoms with Crippen molar-refractivity contribution >= 4 is 34.8 Å². The van der Waals surface area contributed by atoms with Crippen molar-refractivity contribution in [1.29, 1.82) is 0 Å². The normalized spacial score (nSPS) is 23.6. The molecule has 7 nitrogen and oxygen atoms in total. The minimum Gasteiger partial charge on any atom is -0.466 e. The third-order valence-corrected chi connectivity index (χ3v) is 7.07. The predicted molar refractivity (Wildman–Crippen MR) is 101 cm³/mol. The van der Waals surface area contributed by atoms with E-state index < -0.39 is 5.41 Å². The summed E-state index contributed by atoms with van der Waals surface area (Å²) in [5.74, 6) is -0.218. The molecule has 150 valence electrons. The first-order valence-corrected chi connectivity index (χ1v) is 10.9. The largest absolute Gasteiger partial charge is 0.466 e. The molecule has 2 saturated heterocycles. The second-order valence-corrected chi connectivity index (χ2v) is 8.55. The molecule has 3 fully saturated rings. The lowest BCUT2D eigenvalue weighted by atomic mass is 9.63. The van der Waals surface area contributed by atoms with E-state index in [1.807, 2.05) is 6.92 Å². The Morgan fingerprint density at radius 1 is 1.15 bits per heavy atom. The van der Waals surface area contributed by atoms with Gasteiger partial charge in [0.1, 0.15) is 6.54 Å². The average Bonchev–Trinajstić information content (AvgIpc) is 3.01. The number of esters is 1. The van der Waals surface area contributed by atoms with Crippen molar-refractivity contribution in [1.82, 2.24) is 9.80 Å². The zero-order valence-corrected chi connectivity index (χ0v) is 16.7. The van der Waals surface area contributed by atoms with Gasteiger partial charge in [-0.15, -0.1) is 0 Å². The topological polar surface area (TPSA) is 84.0 Å². The summed E-state index contributed by atoms with van der Waals surface area (Å²) in [6, 6.07) is 0. The van der Waals surface area contributed by atoms with E-state index in [4.69, 9.17) is 4.74 Å². The highest BCUT2D eigenvalue weighted by Crippen LogP contribution is 2.46. The third kappa shape index (κ3) is 4.15. The Balaban J connectivity index is 1.64. The maximum atomic E-state index is 12.8. The summed E-state index contributed by atoms with van der Waals surface area (Å²) in [4.78, 5) is 51.6. The summed E-state index contributed by atoms with van der Waals surface area (Å²) < 4.78 is 5.43. The molecule has 3 amide bonds. The van der Waals surface area contributed by atoms with Gasteiger partial charge in [-0.05, 0) is 38.5 Å². The van der Waals surface area contributed by atoms with Crippen LogP contribution in [0.4, 0.5) is 4.79 Å². The molecule has 0 atom stereocenters. The highest BCUT2D eigenvalue weighted by atomic mass is 32.2. The molecule has 2 heterocycles. The number of carbonyl (C=O) groups is 4. The number of piperidine rings is 1. The van der Waals surface area contributed by atoms with Crippen LogP contribution in [0.1, 0.15) is 51.9 Å². The summed E-state index contributed by atoms with van der Waals surface area (Å²) in [5, 5.41) is -0.353. The van der Waals surface area contributed by atoms with Crippen molar-refractivity contribution < 1.29 is 23.9 Å². The zero-order valence-electron chi connectivity index (χ0n) is 15.9. The molecule has 0 aromatic rings. The number of ether oxygens (including phenoxy) is 1. The van der Waals surface area contributed by atoms with Gasteiger partial charge in [0.25, 0.3) is 5.24 Å². The van der Waals surface area contributed by atoms with Gasteiger partial charge >= 0.3 is 5.97 Å². The molecule has 2 aliphatic heterocycles. The first kappa shape index (κ1) is 20.2. The number of hydrogen-bond acceptors (Lipinski definition) is 6. The van der Waals surface area contributed by atoms with Gasteiger partial charge in [0, 0.05) is 13.1 Å². The number of imide groups is 1. The van der Waals surface area contributed by atoms with Gasteiger partial charge in [0.05, 0.1) is 17.8 Å². The van der Waals surface area contributed by atoms with Gasteiger partial charge in [0.15, 0.2) is 0 Å². The number of nitrogens with zero attached hydrogens (tertiary/aromatic N) is 2. The Kier molecular flexibility index (Phi) is 6.44. The lowest BCUT2D eigenvalue weighted by Gasteiger charge is -2.46. The minimum absolute atomic E-state index is 0.111. The van der Waals surface area contributed by atoms with Crippen molar-refractivity contribution in [3.8, 4) is 0 Å². The molecule has 0 spiro atoms. The van der Waals surface area contributed by atoms with Crippen molar-refractivity contribution in [3.05, 3.63) is 0 Å². The standard InChI is InChI=1S/C19H28N2O5S/c1-2-26-17(24)19(14-6-4-3-5-7-14)8-10-20(11-9-19)15(22)12-21-16(23)13-27-18(21)25/h14H,2-13H2,1H3. The van der Waals surface area contributed by atoms with E-state index in [1.165, 1.54) is 6.42 Å². The number of rotatable bonds is 5. The molecule has 1 aliphatic carbocycles. The number of amides is 3. The van der Waals surface area contributed by atoms with Crippen molar-refractivity contribution in [3.63, 3.8) is 0 Å². The van der Waals surface area contributed by atoms with E-state index in [0.29, 0.717) is 38.5 Å². The number of likely N-dealkylation sites (tertiary alicyclic amines) is 1. The first-order chi connectivity index (χ1) is 13.0. The Bertz CT molecular complexity index is 593. The molecule has 0 radical (unpaired) electrons. The summed E-state index contributed by atoms with van der Waals surface area (Å²) in [6.07, 6.45) is 6.78. The summed E-state index contributed by atoms with van der Waals surface area (Å²) in [7, 11) is 0. The lowest BCUT2D eigenvalue weighted by Crippen LogP contribution is -2.52. The van der Waals surface area contributed by atoms with E-state index in [2.05, 4.69) is 0 Å². The molecule has 1 saturated carbocycles. The Labute approximate surface area is 164 Å². The molecule has 3 aliphatic rings. The molecule has 0 unspecified atom stereocenters. The summed E-state index contributed by atoms with van der Waals surface area (Å²) in [5.41, 5.74) is -0.498. The monoisotopic (exact) mass is 396 g/mol. The van der Waals surface area contributed by atoms with Crippen molar-refractivity contribution in [2.45, 2.75) is 51.9 Å². The van der Waals surface area contributed by atoms with Gasteiger partial charge in [-0.3, -0.25) is 24.1 Å². The Morgan fingerprint density at radius 2 is 1.81 bits per heavy atom. The Hall–Kier alpha value is -1.57. The molecular weight excluding hydrogens is 368 g/mol. The van der Waals surface area contributed by atoms with Gasteiger partial charge in [-0.2, -0.15) is 0 Å². The Morgan fingerprint density at radius 3 is 2.37 bits per heavy atom. The molecule has 0 aromatic carbocycles. The summed E-state index contributed by atoms with van der Waals surface area (Å²) in [6.45, 7) is 2.94. The maximum Gasteiger partial charge on any atom is 0.312 e. The van der Waals surface area contributed by atoms with E-state index in [-0.39, 0.29) is 35.3 Å². The van der Waals surface area contributed by atoms with Crippen molar-refractivity contribution in [2.24, 2.45) is 11.3 Å². The molecule has 0 bridgehead atoms. The fraction of sp³-hybridized carbons (Fsp3) is 0.789. The SMILES string of the molecule is CCOC(=O)C1(C2CCCCC2)CCN(C(=O)CN2C(=O)CSC2=O)CC1. The molecular formula is C19H28N2O5S. The molecule has 0 aromatic heterocycles. The van der Waals surface area contributed by atoms with Gasteiger partial charge in [-0.1, -0.05) is 31.0 Å². The smallest absolute Gasteiger partial charge is 0.312 e. The fourth-order valence-corrected chi connectivity index (χ4v) is 5.36. The highest BCUT2D eigenvalue weighted by molar-refractivity contribution is 8.14. The average molecular weight is 397 g/mol. The number of carbonyl (C=O) groups excluding carboxylic acids is 4. The van der Waals surface area contributed by atoms with E-state index in [1.54, 1.807) is 4.90 Å².